The van der Waals surface area contributed by atoms with Crippen molar-refractivity contribution in [1.29, 1.82) is 0 Å². The normalized spacial score (nSPS) is 12.1. The average Bonchev–Trinajstić information content (AvgIpc) is 2.58. The van der Waals surface area contributed by atoms with Gasteiger partial charge in [-0.05, 0) is 37.2 Å². The van der Waals surface area contributed by atoms with Crippen molar-refractivity contribution < 1.29 is 14.8 Å². The van der Waals surface area contributed by atoms with Crippen LogP contribution in [0, 0.1) is 10.1 Å². The third kappa shape index (κ3) is 4.45. The number of nitrogens with zero attached hydrogens (tertiary/aromatic N) is 2. The van der Waals surface area contributed by atoms with Crippen LogP contribution in [0.15, 0.2) is 48.5 Å². The van der Waals surface area contributed by atoms with E-state index in [1.165, 1.54) is 6.07 Å². The SMILES string of the molecule is CCN(CCOc1ccccc1[N+](=O)[O-])C(C)c1cccc(O)c1. The number of phenolic OH excluding ortho intramolecular Hbond substituents is 1. The van der Waals surface area contributed by atoms with Crippen LogP contribution in [0.5, 0.6) is 11.5 Å². The van der Waals surface area contributed by atoms with Crippen LogP contribution in [0.1, 0.15) is 25.5 Å². The number of aromatic hydroxyl groups is 1. The number of phenols is 1. The van der Waals surface area contributed by atoms with E-state index in [1.807, 2.05) is 19.1 Å². The number of hydrogen-bond acceptors (Lipinski definition) is 5. The van der Waals surface area contributed by atoms with Crippen molar-refractivity contribution in [3.05, 3.63) is 64.2 Å². The van der Waals surface area contributed by atoms with Gasteiger partial charge in [-0.15, -0.1) is 0 Å². The van der Waals surface area contributed by atoms with E-state index >= 15 is 0 Å². The molecule has 0 spiro atoms. The molecule has 1 N–H and O–H groups in total. The number of nitro groups is 1. The lowest BCUT2D eigenvalue weighted by atomic mass is 10.1. The largest absolute Gasteiger partial charge is 0.508 e. The lowest BCUT2D eigenvalue weighted by molar-refractivity contribution is -0.385. The van der Waals surface area contributed by atoms with Crippen LogP contribution in [-0.2, 0) is 0 Å². The molecule has 0 aliphatic rings. The first-order valence-corrected chi connectivity index (χ1v) is 7.92. The number of rotatable bonds is 8. The van der Waals surface area contributed by atoms with Crippen molar-refractivity contribution in [1.82, 2.24) is 4.90 Å². The summed E-state index contributed by atoms with van der Waals surface area (Å²) in [6.45, 7) is 5.88. The molecule has 2 aromatic rings. The van der Waals surface area contributed by atoms with E-state index in [1.54, 1.807) is 30.3 Å². The van der Waals surface area contributed by atoms with Crippen molar-refractivity contribution >= 4 is 5.69 Å². The van der Waals surface area contributed by atoms with E-state index in [9.17, 15) is 15.2 Å². The highest BCUT2D eigenvalue weighted by Gasteiger charge is 2.17. The number of nitro benzene ring substituents is 1. The molecule has 2 rings (SSSR count). The van der Waals surface area contributed by atoms with E-state index in [0.717, 1.165) is 12.1 Å². The molecule has 2 aromatic carbocycles. The highest BCUT2D eigenvalue weighted by Crippen LogP contribution is 2.26. The highest BCUT2D eigenvalue weighted by molar-refractivity contribution is 5.45. The van der Waals surface area contributed by atoms with Gasteiger partial charge in [-0.25, -0.2) is 0 Å². The summed E-state index contributed by atoms with van der Waals surface area (Å²) in [4.78, 5) is 12.7. The summed E-state index contributed by atoms with van der Waals surface area (Å²) >= 11 is 0. The molecule has 0 saturated heterocycles. The molecule has 0 fully saturated rings. The van der Waals surface area contributed by atoms with Crippen molar-refractivity contribution in [3.63, 3.8) is 0 Å². The van der Waals surface area contributed by atoms with Crippen LogP contribution < -0.4 is 4.74 Å². The lowest BCUT2D eigenvalue weighted by Gasteiger charge is -2.28. The zero-order chi connectivity index (χ0) is 17.5. The monoisotopic (exact) mass is 330 g/mol. The zero-order valence-corrected chi connectivity index (χ0v) is 13.9. The topological polar surface area (TPSA) is 75.8 Å². The fourth-order valence-corrected chi connectivity index (χ4v) is 2.62. The summed E-state index contributed by atoms with van der Waals surface area (Å²) in [5.74, 6) is 0.523. The molecule has 1 atom stereocenters. The van der Waals surface area contributed by atoms with E-state index < -0.39 is 4.92 Å². The van der Waals surface area contributed by atoms with Gasteiger partial charge < -0.3 is 9.84 Å². The summed E-state index contributed by atoms with van der Waals surface area (Å²) in [5, 5.41) is 20.6. The summed E-state index contributed by atoms with van der Waals surface area (Å²) < 4.78 is 5.61. The smallest absolute Gasteiger partial charge is 0.310 e. The second kappa shape index (κ2) is 8.31. The number of benzene rings is 2. The molecule has 0 aromatic heterocycles. The van der Waals surface area contributed by atoms with Gasteiger partial charge in [0, 0.05) is 18.7 Å². The summed E-state index contributed by atoms with van der Waals surface area (Å²) in [6.07, 6.45) is 0. The molecule has 1 unspecified atom stereocenters. The lowest BCUT2D eigenvalue weighted by Crippen LogP contribution is -2.31. The van der Waals surface area contributed by atoms with E-state index in [-0.39, 0.29) is 23.2 Å². The molecule has 0 amide bonds. The minimum absolute atomic E-state index is 0.0263. The highest BCUT2D eigenvalue weighted by atomic mass is 16.6. The Balaban J connectivity index is 1.98. The first kappa shape index (κ1) is 17.7. The summed E-state index contributed by atoms with van der Waals surface area (Å²) in [6, 6.07) is 13.7. The van der Waals surface area contributed by atoms with Crippen LogP contribution >= 0.6 is 0 Å². The molecular formula is C18H22N2O4. The Labute approximate surface area is 141 Å². The van der Waals surface area contributed by atoms with Crippen LogP contribution in [0.4, 0.5) is 5.69 Å². The van der Waals surface area contributed by atoms with Crippen molar-refractivity contribution in [2.75, 3.05) is 19.7 Å². The minimum Gasteiger partial charge on any atom is -0.508 e. The summed E-state index contributed by atoms with van der Waals surface area (Å²) in [5.41, 5.74) is 0.990. The van der Waals surface area contributed by atoms with Gasteiger partial charge in [0.25, 0.3) is 0 Å². The molecule has 0 radical (unpaired) electrons. The van der Waals surface area contributed by atoms with Crippen LogP contribution in [0.2, 0.25) is 0 Å². The Hall–Kier alpha value is -2.60. The average molecular weight is 330 g/mol. The summed E-state index contributed by atoms with van der Waals surface area (Å²) in [7, 11) is 0. The zero-order valence-electron chi connectivity index (χ0n) is 13.9. The Morgan fingerprint density at radius 1 is 1.25 bits per heavy atom. The third-order valence-electron chi connectivity index (χ3n) is 4.00. The maximum absolute atomic E-state index is 11.0. The van der Waals surface area contributed by atoms with E-state index in [0.29, 0.717) is 13.2 Å². The van der Waals surface area contributed by atoms with Gasteiger partial charge in [0.1, 0.15) is 12.4 Å². The first-order chi connectivity index (χ1) is 11.5. The van der Waals surface area contributed by atoms with E-state index in [2.05, 4.69) is 11.8 Å². The van der Waals surface area contributed by atoms with Gasteiger partial charge in [-0.2, -0.15) is 0 Å². The molecule has 0 saturated carbocycles. The van der Waals surface area contributed by atoms with Gasteiger partial charge in [0.15, 0.2) is 5.75 Å². The molecule has 128 valence electrons. The number of hydrogen-bond donors (Lipinski definition) is 1. The van der Waals surface area contributed by atoms with Gasteiger partial charge in [0.05, 0.1) is 4.92 Å². The molecule has 0 aliphatic carbocycles. The molecule has 6 heteroatoms. The second-order valence-corrected chi connectivity index (χ2v) is 5.47. The fraction of sp³-hybridized carbons (Fsp3) is 0.333. The van der Waals surface area contributed by atoms with E-state index in [4.69, 9.17) is 4.74 Å². The quantitative estimate of drug-likeness (QED) is 0.589. The van der Waals surface area contributed by atoms with Crippen LogP contribution in [0.25, 0.3) is 0 Å². The van der Waals surface area contributed by atoms with Gasteiger partial charge in [-0.1, -0.05) is 31.2 Å². The van der Waals surface area contributed by atoms with Crippen molar-refractivity contribution in [3.8, 4) is 11.5 Å². The Morgan fingerprint density at radius 2 is 2.00 bits per heavy atom. The third-order valence-corrected chi connectivity index (χ3v) is 4.00. The number of likely N-dealkylation sites (N-methyl/N-ethyl adjacent to an activating group) is 1. The van der Waals surface area contributed by atoms with Gasteiger partial charge in [0.2, 0.25) is 0 Å². The molecule has 24 heavy (non-hydrogen) atoms. The molecule has 0 heterocycles. The van der Waals surface area contributed by atoms with Crippen LogP contribution in [-0.4, -0.2) is 34.6 Å². The standard InChI is InChI=1S/C18H22N2O4/c1-3-19(14(2)15-7-6-8-16(21)13-15)11-12-24-18-10-5-4-9-17(18)20(22)23/h4-10,13-14,21H,3,11-12H2,1-2H3. The predicted octanol–water partition coefficient (Wildman–Crippen LogP) is 3.76. The molecule has 0 bridgehead atoms. The molecule has 6 nitrogen and oxygen atoms in total. The van der Waals surface area contributed by atoms with Crippen molar-refractivity contribution in [2.24, 2.45) is 0 Å². The number of para-hydroxylation sites is 2. The second-order valence-electron chi connectivity index (χ2n) is 5.47. The molecule has 0 aliphatic heterocycles. The predicted molar refractivity (Wildman–Crippen MR) is 92.4 cm³/mol. The molecular weight excluding hydrogens is 308 g/mol. The Bertz CT molecular complexity index is 690. The first-order valence-electron chi connectivity index (χ1n) is 7.92. The maximum atomic E-state index is 11.0. The van der Waals surface area contributed by atoms with Crippen molar-refractivity contribution in [2.45, 2.75) is 19.9 Å². The Morgan fingerprint density at radius 3 is 2.67 bits per heavy atom. The van der Waals surface area contributed by atoms with Gasteiger partial charge >= 0.3 is 5.69 Å². The Kier molecular flexibility index (Phi) is 6.14. The maximum Gasteiger partial charge on any atom is 0.310 e. The number of ether oxygens (including phenoxy) is 1. The minimum atomic E-state index is -0.442. The fourth-order valence-electron chi connectivity index (χ4n) is 2.62. The van der Waals surface area contributed by atoms with Crippen LogP contribution in [0.3, 0.4) is 0 Å². The van der Waals surface area contributed by atoms with Gasteiger partial charge in [-0.3, -0.25) is 15.0 Å².